The van der Waals surface area contributed by atoms with Gasteiger partial charge in [-0.15, -0.1) is 0 Å². The zero-order valence-electron chi connectivity index (χ0n) is 20.6. The van der Waals surface area contributed by atoms with Crippen molar-refractivity contribution in [2.75, 3.05) is 25.1 Å². The van der Waals surface area contributed by atoms with Gasteiger partial charge in [0.05, 0.1) is 6.54 Å². The largest absolute Gasteiger partial charge is 0.492 e. The highest BCUT2D eigenvalue weighted by Gasteiger charge is 2.20. The van der Waals surface area contributed by atoms with Gasteiger partial charge in [0.25, 0.3) is 0 Å². The molecule has 0 fully saturated rings. The van der Waals surface area contributed by atoms with Gasteiger partial charge in [0.15, 0.2) is 5.78 Å². The van der Waals surface area contributed by atoms with Crippen LogP contribution in [0, 0.1) is 0 Å². The van der Waals surface area contributed by atoms with E-state index in [0.29, 0.717) is 41.2 Å². The lowest BCUT2D eigenvalue weighted by molar-refractivity contribution is -0.138. The summed E-state index contributed by atoms with van der Waals surface area (Å²) >= 11 is 0. The molecule has 188 valence electrons. The number of aromatic nitrogens is 1. The maximum atomic E-state index is 13.4. The molecular weight excluding hydrogens is 466 g/mol. The van der Waals surface area contributed by atoms with Crippen molar-refractivity contribution in [3.63, 3.8) is 0 Å². The summed E-state index contributed by atoms with van der Waals surface area (Å²) in [6.45, 7) is 1.02. The molecule has 1 atom stereocenters. The maximum absolute atomic E-state index is 13.4. The van der Waals surface area contributed by atoms with Gasteiger partial charge in [-0.25, -0.2) is 4.98 Å². The van der Waals surface area contributed by atoms with E-state index in [1.807, 2.05) is 78.7 Å². The third-order valence-electron chi connectivity index (χ3n) is 6.07. The first-order chi connectivity index (χ1) is 17.9. The highest BCUT2D eigenvalue weighted by atomic mass is 16.5. The van der Waals surface area contributed by atoms with Crippen LogP contribution in [0.5, 0.6) is 5.75 Å². The maximum Gasteiger partial charge on any atom is 0.320 e. The van der Waals surface area contributed by atoms with Crippen molar-refractivity contribution in [3.8, 4) is 16.9 Å². The average Bonchev–Trinajstić information content (AvgIpc) is 2.94. The first-order valence-corrected chi connectivity index (χ1v) is 12.0. The van der Waals surface area contributed by atoms with Crippen LogP contribution < -0.4 is 15.4 Å². The first kappa shape index (κ1) is 25.6. The molecule has 7 nitrogen and oxygen atoms in total. The van der Waals surface area contributed by atoms with Crippen LogP contribution in [0.1, 0.15) is 21.5 Å². The number of aliphatic carboxylic acids is 1. The number of ketones is 1. The molecule has 3 N–H and O–H groups in total. The molecule has 0 saturated heterocycles. The minimum absolute atomic E-state index is 0.112. The molecule has 0 saturated carbocycles. The predicted octanol–water partition coefficient (Wildman–Crippen LogP) is 4.45. The van der Waals surface area contributed by atoms with Crippen molar-refractivity contribution in [1.82, 2.24) is 4.98 Å². The number of carboxylic acids is 1. The molecule has 37 heavy (non-hydrogen) atoms. The number of anilines is 1. The zero-order valence-corrected chi connectivity index (χ0v) is 20.6. The lowest BCUT2D eigenvalue weighted by atomic mass is 9.89. The number of ether oxygens (including phenoxy) is 1. The average molecular weight is 496 g/mol. The molecule has 0 unspecified atom stereocenters. The van der Waals surface area contributed by atoms with E-state index in [-0.39, 0.29) is 12.2 Å². The molecule has 0 bridgehead atoms. The smallest absolute Gasteiger partial charge is 0.320 e. The molecular formula is C30H29N3O4. The Morgan fingerprint density at radius 2 is 1.68 bits per heavy atom. The van der Waals surface area contributed by atoms with E-state index in [0.717, 1.165) is 11.4 Å². The Balaban J connectivity index is 1.64. The number of carbonyl (C=O) groups excluding carboxylic acids is 1. The van der Waals surface area contributed by atoms with Crippen LogP contribution in [0.25, 0.3) is 11.1 Å². The number of hydrogen-bond donors (Lipinski definition) is 2. The Kier molecular flexibility index (Phi) is 8.28. The molecule has 1 heterocycles. The van der Waals surface area contributed by atoms with Gasteiger partial charge in [-0.3, -0.25) is 9.59 Å². The van der Waals surface area contributed by atoms with Crippen molar-refractivity contribution in [1.29, 1.82) is 0 Å². The molecule has 0 radical (unpaired) electrons. The second-order valence-electron chi connectivity index (χ2n) is 8.67. The molecule has 4 rings (SSSR count). The van der Waals surface area contributed by atoms with Gasteiger partial charge in [-0.05, 0) is 47.4 Å². The number of nitrogens with two attached hydrogens (primary N) is 1. The fraction of sp³-hybridized carbons (Fsp3) is 0.167. The molecule has 7 heteroatoms. The summed E-state index contributed by atoms with van der Waals surface area (Å²) < 4.78 is 6.05. The fourth-order valence-corrected chi connectivity index (χ4v) is 4.05. The molecule has 0 aliphatic heterocycles. The molecule has 3 aromatic carbocycles. The Morgan fingerprint density at radius 1 is 0.946 bits per heavy atom. The lowest BCUT2D eigenvalue weighted by Crippen LogP contribution is -2.32. The standard InChI is InChI=1S/C30H29N3O4/c1-33(28-13-7-8-16-32-28)17-18-37-23-15-14-22(19-27(31)30(35)36)26(20-23)24-11-5-6-12-25(24)29(34)21-9-3-2-4-10-21/h2-16,20,27H,17-19,31H2,1H3,(H,35,36)/t27-/m0/s1. The molecule has 0 aliphatic carbocycles. The predicted molar refractivity (Wildman–Crippen MR) is 144 cm³/mol. The number of likely N-dealkylation sites (N-methyl/N-ethyl adjacent to an activating group) is 1. The van der Waals surface area contributed by atoms with Crippen LogP contribution in [0.4, 0.5) is 5.82 Å². The van der Waals surface area contributed by atoms with Gasteiger partial charge in [0, 0.05) is 24.4 Å². The van der Waals surface area contributed by atoms with Gasteiger partial charge >= 0.3 is 5.97 Å². The van der Waals surface area contributed by atoms with Crippen LogP contribution in [-0.4, -0.2) is 48.1 Å². The van der Waals surface area contributed by atoms with Crippen LogP contribution in [0.3, 0.4) is 0 Å². The van der Waals surface area contributed by atoms with E-state index in [9.17, 15) is 14.7 Å². The zero-order chi connectivity index (χ0) is 26.2. The SMILES string of the molecule is CN(CCOc1ccc(C[C@H](N)C(=O)O)c(-c2ccccc2C(=O)c2ccccc2)c1)c1ccccn1. The highest BCUT2D eigenvalue weighted by Crippen LogP contribution is 2.32. The summed E-state index contributed by atoms with van der Waals surface area (Å²) in [5, 5.41) is 9.40. The van der Waals surface area contributed by atoms with E-state index in [1.54, 1.807) is 30.5 Å². The Morgan fingerprint density at radius 3 is 2.41 bits per heavy atom. The van der Waals surface area contributed by atoms with Crippen molar-refractivity contribution < 1.29 is 19.4 Å². The van der Waals surface area contributed by atoms with E-state index < -0.39 is 12.0 Å². The van der Waals surface area contributed by atoms with Crippen molar-refractivity contribution >= 4 is 17.6 Å². The topological polar surface area (TPSA) is 106 Å². The van der Waals surface area contributed by atoms with Gasteiger partial charge in [-0.2, -0.15) is 0 Å². The van der Waals surface area contributed by atoms with Crippen LogP contribution >= 0.6 is 0 Å². The number of rotatable bonds is 11. The third-order valence-corrected chi connectivity index (χ3v) is 6.07. The fourth-order valence-electron chi connectivity index (χ4n) is 4.05. The van der Waals surface area contributed by atoms with Crippen molar-refractivity contribution in [2.45, 2.75) is 12.5 Å². The van der Waals surface area contributed by atoms with Gasteiger partial charge in [0.1, 0.15) is 24.2 Å². The number of carbonyl (C=O) groups is 2. The van der Waals surface area contributed by atoms with E-state index in [1.165, 1.54) is 0 Å². The normalized spacial score (nSPS) is 11.5. The molecule has 4 aromatic rings. The summed E-state index contributed by atoms with van der Waals surface area (Å²) in [5.41, 5.74) is 9.11. The van der Waals surface area contributed by atoms with Gasteiger partial charge in [-0.1, -0.05) is 66.7 Å². The number of benzene rings is 3. The molecule has 0 spiro atoms. The number of carboxylic acid groups (broad SMARTS) is 1. The van der Waals surface area contributed by atoms with Crippen LogP contribution in [0.15, 0.2) is 97.2 Å². The summed E-state index contributed by atoms with van der Waals surface area (Å²) in [6, 6.07) is 26.5. The van der Waals surface area contributed by atoms with E-state index in [2.05, 4.69) is 4.98 Å². The second kappa shape index (κ2) is 12.0. The van der Waals surface area contributed by atoms with Crippen LogP contribution in [-0.2, 0) is 11.2 Å². The Hall–Kier alpha value is -4.49. The summed E-state index contributed by atoms with van der Waals surface area (Å²) in [7, 11) is 1.94. The Labute approximate surface area is 216 Å². The Bertz CT molecular complexity index is 1360. The van der Waals surface area contributed by atoms with Crippen LogP contribution in [0.2, 0.25) is 0 Å². The molecule has 0 amide bonds. The quantitative estimate of drug-likeness (QED) is 0.296. The number of pyridine rings is 1. The number of hydrogen-bond acceptors (Lipinski definition) is 6. The lowest BCUT2D eigenvalue weighted by Gasteiger charge is -2.19. The first-order valence-electron chi connectivity index (χ1n) is 12.0. The monoisotopic (exact) mass is 495 g/mol. The third kappa shape index (κ3) is 6.39. The number of nitrogens with zero attached hydrogens (tertiary/aromatic N) is 2. The minimum Gasteiger partial charge on any atom is -0.492 e. The highest BCUT2D eigenvalue weighted by molar-refractivity contribution is 6.13. The second-order valence-corrected chi connectivity index (χ2v) is 8.67. The molecule has 0 aliphatic rings. The van der Waals surface area contributed by atoms with Crippen molar-refractivity contribution in [3.05, 3.63) is 114 Å². The summed E-state index contributed by atoms with van der Waals surface area (Å²) in [5.74, 6) is 0.252. The van der Waals surface area contributed by atoms with E-state index in [4.69, 9.17) is 10.5 Å². The van der Waals surface area contributed by atoms with Gasteiger partial charge in [0.2, 0.25) is 0 Å². The van der Waals surface area contributed by atoms with Gasteiger partial charge < -0.3 is 20.5 Å². The van der Waals surface area contributed by atoms with E-state index >= 15 is 0 Å². The van der Waals surface area contributed by atoms with Crippen molar-refractivity contribution in [2.24, 2.45) is 5.73 Å². The molecule has 1 aromatic heterocycles. The minimum atomic E-state index is -1.09. The summed E-state index contributed by atoms with van der Waals surface area (Å²) in [6.07, 6.45) is 1.86. The summed E-state index contributed by atoms with van der Waals surface area (Å²) in [4.78, 5) is 31.2.